The lowest BCUT2D eigenvalue weighted by Crippen LogP contribution is -2.31. The molecule has 9 nitrogen and oxygen atoms in total. The number of rotatable bonds is 9. The van der Waals surface area contributed by atoms with Crippen molar-refractivity contribution in [2.75, 3.05) is 7.11 Å². The number of hydrogen-bond donors (Lipinski definition) is 2. The first-order valence-electron chi connectivity index (χ1n) is 9.68. The standard InChI is InChI=1S/C21H25N5O4S/c1-15(2)25-31(28,29)20-10-16(8-9-19(20)30-3)21(27)23-11-17-6-4-5-7-18(17)12-26-14-22-13-24-26/h4-10,13-15,25H,11-12H2,1-3H3,(H,23,27). The van der Waals surface area contributed by atoms with Crippen molar-refractivity contribution in [3.05, 3.63) is 71.8 Å². The van der Waals surface area contributed by atoms with Gasteiger partial charge in [0.15, 0.2) is 0 Å². The van der Waals surface area contributed by atoms with E-state index in [0.717, 1.165) is 11.1 Å². The van der Waals surface area contributed by atoms with Crippen molar-refractivity contribution in [1.29, 1.82) is 0 Å². The zero-order chi connectivity index (χ0) is 22.4. The second kappa shape index (κ2) is 9.71. The molecule has 1 aromatic heterocycles. The molecule has 3 rings (SSSR count). The third-order valence-electron chi connectivity index (χ3n) is 4.46. The van der Waals surface area contributed by atoms with Gasteiger partial charge < -0.3 is 10.1 Å². The molecular weight excluding hydrogens is 418 g/mol. The van der Waals surface area contributed by atoms with Gasteiger partial charge in [-0.1, -0.05) is 24.3 Å². The topological polar surface area (TPSA) is 115 Å². The van der Waals surface area contributed by atoms with E-state index in [9.17, 15) is 13.2 Å². The molecule has 3 aromatic rings. The van der Waals surface area contributed by atoms with Gasteiger partial charge in [-0.25, -0.2) is 22.8 Å². The zero-order valence-corrected chi connectivity index (χ0v) is 18.4. The van der Waals surface area contributed by atoms with Crippen LogP contribution in [0, 0.1) is 0 Å². The Bertz CT molecular complexity index is 1140. The van der Waals surface area contributed by atoms with Gasteiger partial charge in [0.05, 0.1) is 13.7 Å². The monoisotopic (exact) mass is 443 g/mol. The largest absolute Gasteiger partial charge is 0.495 e. The quantitative estimate of drug-likeness (QED) is 0.522. The summed E-state index contributed by atoms with van der Waals surface area (Å²) in [6.07, 6.45) is 3.09. The minimum Gasteiger partial charge on any atom is -0.495 e. The molecule has 1 heterocycles. The third kappa shape index (κ3) is 5.68. The van der Waals surface area contributed by atoms with E-state index in [4.69, 9.17) is 4.74 Å². The molecule has 0 spiro atoms. The Balaban J connectivity index is 1.78. The van der Waals surface area contributed by atoms with E-state index in [1.165, 1.54) is 31.6 Å². The lowest BCUT2D eigenvalue weighted by Gasteiger charge is -2.14. The number of carbonyl (C=O) groups is 1. The first-order valence-corrected chi connectivity index (χ1v) is 11.2. The summed E-state index contributed by atoms with van der Waals surface area (Å²) in [5.41, 5.74) is 2.14. The summed E-state index contributed by atoms with van der Waals surface area (Å²) < 4.78 is 34.7. The Morgan fingerprint density at radius 2 is 1.90 bits per heavy atom. The molecule has 10 heteroatoms. The third-order valence-corrected chi connectivity index (χ3v) is 6.14. The maximum absolute atomic E-state index is 12.8. The smallest absolute Gasteiger partial charge is 0.251 e. The molecular formula is C21H25N5O4S. The highest BCUT2D eigenvalue weighted by Crippen LogP contribution is 2.25. The molecule has 164 valence electrons. The fourth-order valence-electron chi connectivity index (χ4n) is 3.05. The van der Waals surface area contributed by atoms with Crippen LogP contribution in [0.15, 0.2) is 60.0 Å². The summed E-state index contributed by atoms with van der Waals surface area (Å²) >= 11 is 0. The van der Waals surface area contributed by atoms with Crippen LogP contribution >= 0.6 is 0 Å². The molecule has 0 unspecified atom stereocenters. The summed E-state index contributed by atoms with van der Waals surface area (Å²) in [7, 11) is -2.45. The lowest BCUT2D eigenvalue weighted by molar-refractivity contribution is 0.0950. The molecule has 2 N–H and O–H groups in total. The molecule has 2 aromatic carbocycles. The second-order valence-electron chi connectivity index (χ2n) is 7.19. The van der Waals surface area contributed by atoms with Gasteiger partial charge in [0.25, 0.3) is 5.91 Å². The van der Waals surface area contributed by atoms with Gasteiger partial charge >= 0.3 is 0 Å². The fraction of sp³-hybridized carbons (Fsp3) is 0.286. The number of nitrogens with zero attached hydrogens (tertiary/aromatic N) is 3. The Labute approximate surface area is 181 Å². The SMILES string of the molecule is COc1ccc(C(=O)NCc2ccccc2Cn2cncn2)cc1S(=O)(=O)NC(C)C. The van der Waals surface area contributed by atoms with Gasteiger partial charge in [0, 0.05) is 18.2 Å². The van der Waals surface area contributed by atoms with Crippen LogP contribution in [0.1, 0.15) is 35.3 Å². The van der Waals surface area contributed by atoms with Crippen LogP contribution in [-0.2, 0) is 23.1 Å². The summed E-state index contributed by atoms with van der Waals surface area (Å²) in [4.78, 5) is 16.6. The van der Waals surface area contributed by atoms with Crippen molar-refractivity contribution < 1.29 is 17.9 Å². The maximum atomic E-state index is 12.8. The van der Waals surface area contributed by atoms with Gasteiger partial charge in [0.2, 0.25) is 10.0 Å². The first-order chi connectivity index (χ1) is 14.8. The number of carbonyl (C=O) groups excluding carboxylic acids is 1. The summed E-state index contributed by atoms with van der Waals surface area (Å²) in [5, 5.41) is 6.96. The van der Waals surface area contributed by atoms with E-state index in [0.29, 0.717) is 6.54 Å². The maximum Gasteiger partial charge on any atom is 0.251 e. The van der Waals surface area contributed by atoms with Crippen molar-refractivity contribution >= 4 is 15.9 Å². The van der Waals surface area contributed by atoms with E-state index in [1.54, 1.807) is 24.9 Å². The van der Waals surface area contributed by atoms with Gasteiger partial charge in [0.1, 0.15) is 23.3 Å². The molecule has 0 aliphatic rings. The van der Waals surface area contributed by atoms with Crippen molar-refractivity contribution in [2.45, 2.75) is 37.9 Å². The zero-order valence-electron chi connectivity index (χ0n) is 17.6. The van der Waals surface area contributed by atoms with E-state index in [1.807, 2.05) is 24.3 Å². The number of ether oxygens (including phenoxy) is 1. The van der Waals surface area contributed by atoms with Crippen LogP contribution in [0.5, 0.6) is 5.75 Å². The second-order valence-corrected chi connectivity index (χ2v) is 8.87. The van der Waals surface area contributed by atoms with Crippen molar-refractivity contribution in [3.8, 4) is 5.75 Å². The lowest BCUT2D eigenvalue weighted by atomic mass is 10.1. The number of methoxy groups -OCH3 is 1. The number of benzene rings is 2. The molecule has 0 bridgehead atoms. The van der Waals surface area contributed by atoms with Crippen LogP contribution < -0.4 is 14.8 Å². The molecule has 0 fully saturated rings. The highest BCUT2D eigenvalue weighted by Gasteiger charge is 2.22. The van der Waals surface area contributed by atoms with E-state index in [-0.39, 0.29) is 34.7 Å². The number of aromatic nitrogens is 3. The summed E-state index contributed by atoms with van der Waals surface area (Å²) in [6, 6.07) is 11.7. The van der Waals surface area contributed by atoms with Crippen LogP contribution in [0.25, 0.3) is 0 Å². The average Bonchev–Trinajstić information content (AvgIpc) is 3.24. The van der Waals surface area contributed by atoms with Crippen molar-refractivity contribution in [3.63, 3.8) is 0 Å². The fourth-order valence-corrected chi connectivity index (χ4v) is 4.50. The number of amides is 1. The number of nitrogens with one attached hydrogen (secondary N) is 2. The summed E-state index contributed by atoms with van der Waals surface area (Å²) in [5.74, 6) is -0.220. The molecule has 1 amide bonds. The van der Waals surface area contributed by atoms with Crippen molar-refractivity contribution in [2.24, 2.45) is 0 Å². The minimum absolute atomic E-state index is 0.0806. The molecule has 0 aliphatic carbocycles. The van der Waals surface area contributed by atoms with Gasteiger partial charge in [-0.2, -0.15) is 5.10 Å². The minimum atomic E-state index is -3.83. The Hall–Kier alpha value is -3.24. The first kappa shape index (κ1) is 22.4. The van der Waals surface area contributed by atoms with Crippen LogP contribution in [0.2, 0.25) is 0 Å². The van der Waals surface area contributed by atoms with E-state index >= 15 is 0 Å². The average molecular weight is 444 g/mol. The molecule has 0 saturated heterocycles. The van der Waals surface area contributed by atoms with Crippen LogP contribution in [0.3, 0.4) is 0 Å². The Morgan fingerprint density at radius 3 is 2.55 bits per heavy atom. The van der Waals surface area contributed by atoms with Crippen LogP contribution in [-0.4, -0.2) is 42.2 Å². The predicted octanol–water partition coefficient (Wildman–Crippen LogP) is 1.95. The molecule has 0 saturated carbocycles. The highest BCUT2D eigenvalue weighted by atomic mass is 32.2. The van der Waals surface area contributed by atoms with Gasteiger partial charge in [-0.05, 0) is 43.2 Å². The normalized spacial score (nSPS) is 11.5. The predicted molar refractivity (Wildman–Crippen MR) is 115 cm³/mol. The summed E-state index contributed by atoms with van der Waals surface area (Å²) in [6.45, 7) is 4.24. The Morgan fingerprint density at radius 1 is 1.16 bits per heavy atom. The van der Waals surface area contributed by atoms with Crippen LogP contribution in [0.4, 0.5) is 0 Å². The number of hydrogen-bond acceptors (Lipinski definition) is 6. The number of sulfonamides is 1. The molecule has 0 aliphatic heterocycles. The van der Waals surface area contributed by atoms with E-state index < -0.39 is 10.0 Å². The highest BCUT2D eigenvalue weighted by molar-refractivity contribution is 7.89. The van der Waals surface area contributed by atoms with Gasteiger partial charge in [-0.3, -0.25) is 4.79 Å². The molecule has 0 radical (unpaired) electrons. The molecule has 0 atom stereocenters. The van der Waals surface area contributed by atoms with Crippen molar-refractivity contribution in [1.82, 2.24) is 24.8 Å². The molecule has 31 heavy (non-hydrogen) atoms. The van der Waals surface area contributed by atoms with Gasteiger partial charge in [-0.15, -0.1) is 0 Å². The van der Waals surface area contributed by atoms with E-state index in [2.05, 4.69) is 20.1 Å². The Kier molecular flexibility index (Phi) is 7.03.